The molecule has 22 heavy (non-hydrogen) atoms. The molecule has 0 aromatic heterocycles. The molecule has 0 saturated heterocycles. The molecule has 1 N–H and O–H groups in total. The molecule has 2 aromatic rings. The maximum absolute atomic E-state index is 12.3. The van der Waals surface area contributed by atoms with Crippen LogP contribution in [-0.4, -0.2) is 29.3 Å². The molecule has 0 amide bonds. The fourth-order valence-corrected chi connectivity index (χ4v) is 3.84. The molecule has 0 aliphatic carbocycles. The third-order valence-electron chi connectivity index (χ3n) is 2.90. The van der Waals surface area contributed by atoms with Crippen molar-refractivity contribution in [3.8, 4) is 0 Å². The highest BCUT2D eigenvalue weighted by atomic mass is 32.2. The van der Waals surface area contributed by atoms with Gasteiger partial charge in [-0.2, -0.15) is 0 Å². The molecule has 2 rings (SSSR count). The first-order valence-corrected chi connectivity index (χ1v) is 10.8. The SMILES string of the molecule is CSc1ccc(NS(=O)(=O)c2ccc(S(C)(=O)=O)cc2)cc1. The molecule has 0 aliphatic heterocycles. The highest BCUT2D eigenvalue weighted by Gasteiger charge is 2.15. The molecule has 0 radical (unpaired) electrons. The summed E-state index contributed by atoms with van der Waals surface area (Å²) in [5.74, 6) is 0. The quantitative estimate of drug-likeness (QED) is 0.832. The molecule has 0 unspecified atom stereocenters. The van der Waals surface area contributed by atoms with Crippen LogP contribution < -0.4 is 4.72 Å². The summed E-state index contributed by atoms with van der Waals surface area (Å²) in [6, 6.07) is 12.1. The van der Waals surface area contributed by atoms with E-state index in [0.29, 0.717) is 5.69 Å². The van der Waals surface area contributed by atoms with Gasteiger partial charge in [-0.25, -0.2) is 16.8 Å². The smallest absolute Gasteiger partial charge is 0.261 e. The number of sulfone groups is 1. The van der Waals surface area contributed by atoms with Gasteiger partial charge in [0.2, 0.25) is 0 Å². The van der Waals surface area contributed by atoms with Crippen LogP contribution in [0, 0.1) is 0 Å². The third-order valence-corrected chi connectivity index (χ3v) is 6.17. The lowest BCUT2D eigenvalue weighted by Crippen LogP contribution is -2.13. The molecule has 2 aromatic carbocycles. The van der Waals surface area contributed by atoms with Gasteiger partial charge in [0.15, 0.2) is 9.84 Å². The molecule has 0 bridgehead atoms. The number of thioether (sulfide) groups is 1. The topological polar surface area (TPSA) is 80.3 Å². The van der Waals surface area contributed by atoms with Crippen LogP contribution in [0.1, 0.15) is 0 Å². The van der Waals surface area contributed by atoms with E-state index in [1.54, 1.807) is 23.9 Å². The van der Waals surface area contributed by atoms with E-state index >= 15 is 0 Å². The van der Waals surface area contributed by atoms with Crippen LogP contribution in [0.15, 0.2) is 63.2 Å². The largest absolute Gasteiger partial charge is 0.280 e. The van der Waals surface area contributed by atoms with Gasteiger partial charge in [0.1, 0.15) is 0 Å². The lowest BCUT2D eigenvalue weighted by molar-refractivity contribution is 0.597. The van der Waals surface area contributed by atoms with Crippen molar-refractivity contribution in [2.24, 2.45) is 0 Å². The van der Waals surface area contributed by atoms with E-state index in [4.69, 9.17) is 0 Å². The number of nitrogens with one attached hydrogen (secondary N) is 1. The molecule has 0 aliphatic rings. The third kappa shape index (κ3) is 4.02. The first-order valence-electron chi connectivity index (χ1n) is 6.19. The predicted molar refractivity (Wildman–Crippen MR) is 88.6 cm³/mol. The second kappa shape index (κ2) is 6.31. The Bertz CT molecular complexity index is 855. The van der Waals surface area contributed by atoms with Crippen LogP contribution in [0.3, 0.4) is 0 Å². The number of rotatable bonds is 5. The summed E-state index contributed by atoms with van der Waals surface area (Å²) in [6.07, 6.45) is 3.00. The Kier molecular flexibility index (Phi) is 4.84. The average Bonchev–Trinajstić information content (AvgIpc) is 2.47. The molecule has 8 heteroatoms. The van der Waals surface area contributed by atoms with Gasteiger partial charge in [-0.1, -0.05) is 0 Å². The van der Waals surface area contributed by atoms with Crippen molar-refractivity contribution in [1.82, 2.24) is 0 Å². The molecule has 0 atom stereocenters. The normalized spacial score (nSPS) is 12.1. The van der Waals surface area contributed by atoms with E-state index in [9.17, 15) is 16.8 Å². The Morgan fingerprint density at radius 2 is 1.32 bits per heavy atom. The zero-order valence-corrected chi connectivity index (χ0v) is 14.4. The molecule has 0 spiro atoms. The standard InChI is InChI=1S/C14H15NO4S3/c1-20-12-5-3-11(4-6-12)15-22(18,19)14-9-7-13(8-10-14)21(2,16)17/h3-10,15H,1-2H3. The lowest BCUT2D eigenvalue weighted by Gasteiger charge is -2.09. The Labute approximate surface area is 134 Å². The van der Waals surface area contributed by atoms with Gasteiger partial charge in [0, 0.05) is 16.8 Å². The van der Waals surface area contributed by atoms with Crippen molar-refractivity contribution < 1.29 is 16.8 Å². The first kappa shape index (κ1) is 16.9. The monoisotopic (exact) mass is 357 g/mol. The fourth-order valence-electron chi connectivity index (χ4n) is 1.74. The van der Waals surface area contributed by atoms with Crippen LogP contribution in [0.5, 0.6) is 0 Å². The average molecular weight is 357 g/mol. The molecule has 118 valence electrons. The number of sulfonamides is 1. The molecule has 5 nitrogen and oxygen atoms in total. The summed E-state index contributed by atoms with van der Waals surface area (Å²) in [4.78, 5) is 1.12. The molecule has 0 heterocycles. The highest BCUT2D eigenvalue weighted by Crippen LogP contribution is 2.21. The van der Waals surface area contributed by atoms with E-state index in [1.807, 2.05) is 18.4 Å². The Hall–Kier alpha value is -1.51. The summed E-state index contributed by atoms with van der Waals surface area (Å²) in [6.45, 7) is 0. The Morgan fingerprint density at radius 1 is 0.818 bits per heavy atom. The summed E-state index contributed by atoms with van der Waals surface area (Å²) in [5.41, 5.74) is 0.449. The van der Waals surface area contributed by atoms with Gasteiger partial charge in [-0.3, -0.25) is 4.72 Å². The van der Waals surface area contributed by atoms with Gasteiger partial charge < -0.3 is 0 Å². The zero-order valence-electron chi connectivity index (χ0n) is 12.0. The van der Waals surface area contributed by atoms with E-state index < -0.39 is 19.9 Å². The molecule has 0 saturated carbocycles. The maximum atomic E-state index is 12.3. The predicted octanol–water partition coefficient (Wildman–Crippen LogP) is 2.61. The lowest BCUT2D eigenvalue weighted by atomic mass is 10.3. The van der Waals surface area contributed by atoms with Crippen molar-refractivity contribution in [3.63, 3.8) is 0 Å². The number of benzene rings is 2. The van der Waals surface area contributed by atoms with Crippen molar-refractivity contribution in [3.05, 3.63) is 48.5 Å². The number of hydrogen-bond acceptors (Lipinski definition) is 5. The Morgan fingerprint density at radius 3 is 1.77 bits per heavy atom. The van der Waals surface area contributed by atoms with E-state index in [2.05, 4.69) is 4.72 Å². The minimum Gasteiger partial charge on any atom is -0.280 e. The van der Waals surface area contributed by atoms with Gasteiger partial charge in [0.25, 0.3) is 10.0 Å². The van der Waals surface area contributed by atoms with E-state index in [1.165, 1.54) is 24.3 Å². The molecular weight excluding hydrogens is 342 g/mol. The number of hydrogen-bond donors (Lipinski definition) is 1. The van der Waals surface area contributed by atoms with E-state index in [-0.39, 0.29) is 9.79 Å². The van der Waals surface area contributed by atoms with Gasteiger partial charge in [-0.05, 0) is 54.8 Å². The summed E-state index contributed by atoms with van der Waals surface area (Å²) >= 11 is 1.56. The van der Waals surface area contributed by atoms with E-state index in [0.717, 1.165) is 11.2 Å². The second-order valence-corrected chi connectivity index (χ2v) is 9.16. The maximum Gasteiger partial charge on any atom is 0.261 e. The van der Waals surface area contributed by atoms with Gasteiger partial charge in [0.05, 0.1) is 9.79 Å². The summed E-state index contributed by atoms with van der Waals surface area (Å²) < 4.78 is 49.7. The van der Waals surface area contributed by atoms with Gasteiger partial charge >= 0.3 is 0 Å². The number of anilines is 1. The minimum atomic E-state index is -3.75. The van der Waals surface area contributed by atoms with Crippen molar-refractivity contribution in [2.75, 3.05) is 17.2 Å². The van der Waals surface area contributed by atoms with Gasteiger partial charge in [-0.15, -0.1) is 11.8 Å². The highest BCUT2D eigenvalue weighted by molar-refractivity contribution is 7.98. The van der Waals surface area contributed by atoms with Crippen molar-refractivity contribution >= 4 is 37.3 Å². The second-order valence-electron chi connectivity index (χ2n) is 4.58. The van der Waals surface area contributed by atoms with Crippen LogP contribution in [0.4, 0.5) is 5.69 Å². The van der Waals surface area contributed by atoms with Crippen LogP contribution in [-0.2, 0) is 19.9 Å². The fraction of sp³-hybridized carbons (Fsp3) is 0.143. The van der Waals surface area contributed by atoms with Crippen LogP contribution >= 0.6 is 11.8 Å². The summed E-state index contributed by atoms with van der Waals surface area (Å²) in [5, 5.41) is 0. The summed E-state index contributed by atoms with van der Waals surface area (Å²) in [7, 11) is -7.10. The first-order chi connectivity index (χ1) is 10.2. The Balaban J connectivity index is 2.26. The van der Waals surface area contributed by atoms with Crippen molar-refractivity contribution in [1.29, 1.82) is 0 Å². The zero-order chi connectivity index (χ0) is 16.4. The minimum absolute atomic E-state index is 0.00819. The van der Waals surface area contributed by atoms with Crippen LogP contribution in [0.25, 0.3) is 0 Å². The van der Waals surface area contributed by atoms with Crippen molar-refractivity contribution in [2.45, 2.75) is 14.7 Å². The molecular formula is C14H15NO4S3. The molecule has 0 fully saturated rings. The van der Waals surface area contributed by atoms with Crippen LogP contribution in [0.2, 0.25) is 0 Å².